The molecule has 2 rings (SSSR count). The number of rotatable bonds is 6. The SMILES string of the molecule is CC(C)Cc1ccc(CNCC2CCC(O)CC2)cc1. The van der Waals surface area contributed by atoms with Crippen LogP contribution in [0.2, 0.25) is 0 Å². The summed E-state index contributed by atoms with van der Waals surface area (Å²) in [5.41, 5.74) is 2.80. The van der Waals surface area contributed by atoms with Gasteiger partial charge in [-0.3, -0.25) is 0 Å². The molecule has 20 heavy (non-hydrogen) atoms. The maximum atomic E-state index is 9.50. The van der Waals surface area contributed by atoms with Crippen LogP contribution in [-0.2, 0) is 13.0 Å². The van der Waals surface area contributed by atoms with Gasteiger partial charge in [0.15, 0.2) is 0 Å². The highest BCUT2D eigenvalue weighted by molar-refractivity contribution is 5.22. The molecular weight excluding hydrogens is 246 g/mol. The Hall–Kier alpha value is -0.860. The number of aliphatic hydroxyl groups is 1. The second-order valence-corrected chi connectivity index (χ2v) is 6.72. The quantitative estimate of drug-likeness (QED) is 0.832. The second-order valence-electron chi connectivity index (χ2n) is 6.72. The fourth-order valence-electron chi connectivity index (χ4n) is 3.03. The van der Waals surface area contributed by atoms with E-state index in [2.05, 4.69) is 43.4 Å². The zero-order chi connectivity index (χ0) is 14.4. The van der Waals surface area contributed by atoms with Gasteiger partial charge in [-0.25, -0.2) is 0 Å². The van der Waals surface area contributed by atoms with E-state index >= 15 is 0 Å². The molecular formula is C18H29NO. The lowest BCUT2D eigenvalue weighted by molar-refractivity contribution is 0.108. The zero-order valence-corrected chi connectivity index (χ0v) is 12.9. The van der Waals surface area contributed by atoms with Gasteiger partial charge in [-0.05, 0) is 61.6 Å². The molecule has 2 N–H and O–H groups in total. The molecule has 0 aliphatic heterocycles. The predicted octanol–water partition coefficient (Wildman–Crippen LogP) is 3.53. The highest BCUT2D eigenvalue weighted by Gasteiger charge is 2.18. The Labute approximate surface area is 123 Å². The van der Waals surface area contributed by atoms with Gasteiger partial charge < -0.3 is 10.4 Å². The third-order valence-corrected chi connectivity index (χ3v) is 4.25. The van der Waals surface area contributed by atoms with E-state index in [4.69, 9.17) is 0 Å². The Kier molecular flexibility index (Phi) is 6.06. The lowest BCUT2D eigenvalue weighted by Gasteiger charge is -2.25. The molecule has 0 heterocycles. The summed E-state index contributed by atoms with van der Waals surface area (Å²) in [6, 6.07) is 9.01. The molecule has 0 amide bonds. The van der Waals surface area contributed by atoms with Gasteiger partial charge in [-0.15, -0.1) is 0 Å². The molecule has 1 aliphatic carbocycles. The molecule has 2 nitrogen and oxygen atoms in total. The van der Waals surface area contributed by atoms with Crippen molar-refractivity contribution in [3.63, 3.8) is 0 Å². The van der Waals surface area contributed by atoms with E-state index in [0.29, 0.717) is 0 Å². The Bertz CT molecular complexity index is 377. The van der Waals surface area contributed by atoms with Crippen LogP contribution < -0.4 is 5.32 Å². The van der Waals surface area contributed by atoms with Gasteiger partial charge in [0.05, 0.1) is 6.10 Å². The summed E-state index contributed by atoms with van der Waals surface area (Å²) in [6.07, 6.45) is 5.42. The summed E-state index contributed by atoms with van der Waals surface area (Å²) in [4.78, 5) is 0. The van der Waals surface area contributed by atoms with Crippen LogP contribution in [-0.4, -0.2) is 17.8 Å². The number of nitrogens with one attached hydrogen (secondary N) is 1. The van der Waals surface area contributed by atoms with Crippen molar-refractivity contribution in [1.29, 1.82) is 0 Å². The van der Waals surface area contributed by atoms with Gasteiger partial charge in [0, 0.05) is 6.54 Å². The first-order chi connectivity index (χ1) is 9.63. The molecule has 0 bridgehead atoms. The highest BCUT2D eigenvalue weighted by Crippen LogP contribution is 2.23. The number of benzene rings is 1. The van der Waals surface area contributed by atoms with Crippen LogP contribution in [0.3, 0.4) is 0 Å². The van der Waals surface area contributed by atoms with E-state index in [1.165, 1.54) is 24.0 Å². The van der Waals surface area contributed by atoms with Crippen LogP contribution in [0.5, 0.6) is 0 Å². The molecule has 2 heteroatoms. The van der Waals surface area contributed by atoms with E-state index in [9.17, 15) is 5.11 Å². The minimum absolute atomic E-state index is 0.0419. The van der Waals surface area contributed by atoms with Gasteiger partial charge in [0.25, 0.3) is 0 Å². The van der Waals surface area contributed by atoms with E-state index < -0.39 is 0 Å². The van der Waals surface area contributed by atoms with Gasteiger partial charge in [-0.1, -0.05) is 38.1 Å². The standard InChI is InChI=1S/C18H29NO/c1-14(2)11-15-3-5-16(6-4-15)12-19-13-17-7-9-18(20)10-8-17/h3-6,14,17-20H,7-13H2,1-2H3. The summed E-state index contributed by atoms with van der Waals surface area (Å²) in [5, 5.41) is 13.1. The maximum Gasteiger partial charge on any atom is 0.0540 e. The van der Waals surface area contributed by atoms with Crippen LogP contribution in [0, 0.1) is 11.8 Å². The van der Waals surface area contributed by atoms with Crippen molar-refractivity contribution in [3.8, 4) is 0 Å². The molecule has 0 atom stereocenters. The molecule has 0 aromatic heterocycles. The number of aliphatic hydroxyl groups excluding tert-OH is 1. The maximum absolute atomic E-state index is 9.50. The molecule has 1 fully saturated rings. The van der Waals surface area contributed by atoms with Crippen LogP contribution in [0.25, 0.3) is 0 Å². The predicted molar refractivity (Wildman–Crippen MR) is 84.7 cm³/mol. The Balaban J connectivity index is 1.69. The topological polar surface area (TPSA) is 32.3 Å². The average Bonchev–Trinajstić information content (AvgIpc) is 2.42. The fraction of sp³-hybridized carbons (Fsp3) is 0.667. The number of hydrogen-bond acceptors (Lipinski definition) is 2. The van der Waals surface area contributed by atoms with E-state index in [0.717, 1.165) is 44.2 Å². The van der Waals surface area contributed by atoms with E-state index in [1.807, 2.05) is 0 Å². The van der Waals surface area contributed by atoms with Crippen molar-refractivity contribution in [2.24, 2.45) is 11.8 Å². The molecule has 0 saturated heterocycles. The molecule has 1 saturated carbocycles. The van der Waals surface area contributed by atoms with Gasteiger partial charge in [0.1, 0.15) is 0 Å². The third-order valence-electron chi connectivity index (χ3n) is 4.25. The molecule has 112 valence electrons. The van der Waals surface area contributed by atoms with Gasteiger partial charge in [0.2, 0.25) is 0 Å². The number of hydrogen-bond donors (Lipinski definition) is 2. The van der Waals surface area contributed by atoms with Crippen molar-refractivity contribution in [2.45, 2.75) is 58.6 Å². The first kappa shape index (κ1) is 15.5. The molecule has 1 aliphatic rings. The fourth-order valence-corrected chi connectivity index (χ4v) is 3.03. The molecule has 0 radical (unpaired) electrons. The zero-order valence-electron chi connectivity index (χ0n) is 12.9. The van der Waals surface area contributed by atoms with E-state index in [1.54, 1.807) is 0 Å². The van der Waals surface area contributed by atoms with Gasteiger partial charge in [-0.2, -0.15) is 0 Å². The van der Waals surface area contributed by atoms with Crippen molar-refractivity contribution in [3.05, 3.63) is 35.4 Å². The summed E-state index contributed by atoms with van der Waals surface area (Å²) in [7, 11) is 0. The van der Waals surface area contributed by atoms with Crippen LogP contribution >= 0.6 is 0 Å². The summed E-state index contributed by atoms with van der Waals surface area (Å²) in [6.45, 7) is 6.56. The molecule has 0 unspecified atom stereocenters. The highest BCUT2D eigenvalue weighted by atomic mass is 16.3. The summed E-state index contributed by atoms with van der Waals surface area (Å²) < 4.78 is 0. The Morgan fingerprint density at radius 3 is 2.25 bits per heavy atom. The summed E-state index contributed by atoms with van der Waals surface area (Å²) in [5.74, 6) is 1.47. The lowest BCUT2D eigenvalue weighted by Crippen LogP contribution is -2.27. The molecule has 1 aromatic carbocycles. The largest absolute Gasteiger partial charge is 0.393 e. The lowest BCUT2D eigenvalue weighted by atomic mass is 9.87. The van der Waals surface area contributed by atoms with Crippen molar-refractivity contribution >= 4 is 0 Å². The smallest absolute Gasteiger partial charge is 0.0540 e. The molecule has 0 spiro atoms. The van der Waals surface area contributed by atoms with Crippen molar-refractivity contribution in [2.75, 3.05) is 6.54 Å². The average molecular weight is 275 g/mol. The molecule has 1 aromatic rings. The van der Waals surface area contributed by atoms with Crippen LogP contribution in [0.15, 0.2) is 24.3 Å². The normalized spacial score (nSPS) is 23.2. The Morgan fingerprint density at radius 1 is 1.05 bits per heavy atom. The third kappa shape index (κ3) is 5.26. The minimum atomic E-state index is -0.0419. The monoisotopic (exact) mass is 275 g/mol. The van der Waals surface area contributed by atoms with Crippen molar-refractivity contribution in [1.82, 2.24) is 5.32 Å². The van der Waals surface area contributed by atoms with Crippen LogP contribution in [0.1, 0.15) is 50.7 Å². The first-order valence-electron chi connectivity index (χ1n) is 8.10. The Morgan fingerprint density at radius 2 is 1.65 bits per heavy atom. The van der Waals surface area contributed by atoms with Crippen LogP contribution in [0.4, 0.5) is 0 Å². The first-order valence-corrected chi connectivity index (χ1v) is 8.10. The van der Waals surface area contributed by atoms with Gasteiger partial charge >= 0.3 is 0 Å². The van der Waals surface area contributed by atoms with E-state index in [-0.39, 0.29) is 6.10 Å². The van der Waals surface area contributed by atoms with Crippen molar-refractivity contribution < 1.29 is 5.11 Å². The minimum Gasteiger partial charge on any atom is -0.393 e. The summed E-state index contributed by atoms with van der Waals surface area (Å²) >= 11 is 0. The second kappa shape index (κ2) is 7.80.